The third-order valence-electron chi connectivity index (χ3n) is 2.55. The van der Waals surface area contributed by atoms with Crippen molar-refractivity contribution < 1.29 is 8.42 Å². The lowest BCUT2D eigenvalue weighted by molar-refractivity contribution is 0.524. The monoisotopic (exact) mass is 344 g/mol. The van der Waals surface area contributed by atoms with Gasteiger partial charge in [0.15, 0.2) is 5.82 Å². The molecule has 19 heavy (non-hydrogen) atoms. The number of aromatic nitrogens is 3. The first-order chi connectivity index (χ1) is 8.82. The smallest absolute Gasteiger partial charge is 0.273 e. The number of hydrogen-bond acceptors (Lipinski definition) is 4. The highest BCUT2D eigenvalue weighted by Gasteiger charge is 2.24. The number of halogens is 1. The number of sulfonamides is 1. The molecule has 0 spiro atoms. The zero-order chi connectivity index (χ0) is 14.2. The highest BCUT2D eigenvalue weighted by atomic mass is 79.9. The summed E-state index contributed by atoms with van der Waals surface area (Å²) in [6.45, 7) is 3.69. The van der Waals surface area contributed by atoms with Crippen molar-refractivity contribution in [3.63, 3.8) is 0 Å². The Morgan fingerprint density at radius 3 is 2.42 bits per heavy atom. The molecule has 102 valence electrons. The number of benzene rings is 1. The molecule has 1 aromatic carbocycles. The molecule has 2 N–H and O–H groups in total. The predicted molar refractivity (Wildman–Crippen MR) is 74.9 cm³/mol. The van der Waals surface area contributed by atoms with Crippen LogP contribution in [0.15, 0.2) is 33.9 Å². The summed E-state index contributed by atoms with van der Waals surface area (Å²) in [7, 11) is -3.90. The van der Waals surface area contributed by atoms with Crippen LogP contribution in [0.2, 0.25) is 0 Å². The Bertz CT molecular complexity index is 709. The van der Waals surface area contributed by atoms with Crippen molar-refractivity contribution in [2.24, 2.45) is 5.14 Å². The van der Waals surface area contributed by atoms with Crippen molar-refractivity contribution in [3.05, 3.63) is 28.7 Å². The Balaban J connectivity index is 2.74. The van der Waals surface area contributed by atoms with Crippen molar-refractivity contribution in [1.82, 2.24) is 14.8 Å². The van der Waals surface area contributed by atoms with Gasteiger partial charge >= 0.3 is 0 Å². The SMILES string of the molecule is CC(C)n1c(-c2ccccc2Br)nnc1S(N)(=O)=O. The molecule has 1 aromatic heterocycles. The van der Waals surface area contributed by atoms with Crippen LogP contribution in [0.25, 0.3) is 11.4 Å². The Labute approximate surface area is 119 Å². The second-order valence-corrected chi connectivity index (χ2v) is 6.60. The molecule has 0 fully saturated rings. The minimum Gasteiger partial charge on any atom is -0.294 e. The molecule has 2 aromatic rings. The molecule has 8 heteroatoms. The highest BCUT2D eigenvalue weighted by Crippen LogP contribution is 2.29. The van der Waals surface area contributed by atoms with Crippen molar-refractivity contribution in [2.75, 3.05) is 0 Å². The van der Waals surface area contributed by atoms with Gasteiger partial charge in [0.25, 0.3) is 15.2 Å². The Kier molecular flexibility index (Phi) is 3.75. The topological polar surface area (TPSA) is 90.9 Å². The molecule has 6 nitrogen and oxygen atoms in total. The maximum atomic E-state index is 11.5. The molecule has 1 heterocycles. The summed E-state index contributed by atoms with van der Waals surface area (Å²) in [5.74, 6) is 0.464. The number of nitrogens with zero attached hydrogens (tertiary/aromatic N) is 3. The summed E-state index contributed by atoms with van der Waals surface area (Å²) in [5, 5.41) is 12.6. The third kappa shape index (κ3) is 2.70. The van der Waals surface area contributed by atoms with E-state index in [0.29, 0.717) is 5.82 Å². The summed E-state index contributed by atoms with van der Waals surface area (Å²) in [6.07, 6.45) is 0. The summed E-state index contributed by atoms with van der Waals surface area (Å²) >= 11 is 3.41. The van der Waals surface area contributed by atoms with Crippen LogP contribution in [0.4, 0.5) is 0 Å². The van der Waals surface area contributed by atoms with Crippen LogP contribution in [0.1, 0.15) is 19.9 Å². The van der Waals surface area contributed by atoms with Crippen LogP contribution >= 0.6 is 15.9 Å². The van der Waals surface area contributed by atoms with Gasteiger partial charge in [-0.15, -0.1) is 10.2 Å². The first kappa shape index (κ1) is 14.2. The summed E-state index contributed by atoms with van der Waals surface area (Å²) in [4.78, 5) is 0. The average molecular weight is 345 g/mol. The van der Waals surface area contributed by atoms with Crippen LogP contribution in [-0.2, 0) is 10.0 Å². The van der Waals surface area contributed by atoms with E-state index in [4.69, 9.17) is 5.14 Å². The molecule has 2 rings (SSSR count). The van der Waals surface area contributed by atoms with Crippen LogP contribution in [0.5, 0.6) is 0 Å². The van der Waals surface area contributed by atoms with Crippen molar-refractivity contribution in [1.29, 1.82) is 0 Å². The number of rotatable bonds is 3. The lowest BCUT2D eigenvalue weighted by Gasteiger charge is -2.13. The molecular weight excluding hydrogens is 332 g/mol. The fourth-order valence-electron chi connectivity index (χ4n) is 1.76. The van der Waals surface area contributed by atoms with Gasteiger partial charge in [-0.05, 0) is 19.9 Å². The first-order valence-electron chi connectivity index (χ1n) is 5.55. The minimum absolute atomic E-state index is 0.134. The lowest BCUT2D eigenvalue weighted by atomic mass is 10.2. The van der Waals surface area contributed by atoms with Crippen LogP contribution in [0, 0.1) is 0 Å². The Hall–Kier alpha value is -1.25. The molecule has 0 unspecified atom stereocenters. The van der Waals surface area contributed by atoms with Crippen molar-refractivity contribution in [3.8, 4) is 11.4 Å². The van der Waals surface area contributed by atoms with Gasteiger partial charge in [0, 0.05) is 16.1 Å². The van der Waals surface area contributed by atoms with Gasteiger partial charge in [-0.3, -0.25) is 4.57 Å². The molecule has 0 saturated heterocycles. The molecule has 0 aliphatic rings. The highest BCUT2D eigenvalue weighted by molar-refractivity contribution is 9.10. The number of nitrogens with two attached hydrogens (primary N) is 1. The molecule has 0 aliphatic heterocycles. The first-order valence-corrected chi connectivity index (χ1v) is 7.89. The van der Waals surface area contributed by atoms with Gasteiger partial charge < -0.3 is 0 Å². The molecule has 0 amide bonds. The lowest BCUT2D eigenvalue weighted by Crippen LogP contribution is -2.20. The van der Waals surface area contributed by atoms with E-state index in [1.807, 2.05) is 38.1 Å². The molecule has 0 radical (unpaired) electrons. The molecule has 0 aliphatic carbocycles. The minimum atomic E-state index is -3.90. The van der Waals surface area contributed by atoms with E-state index in [1.54, 1.807) is 0 Å². The van der Waals surface area contributed by atoms with E-state index < -0.39 is 10.0 Å². The molecule has 0 saturated carbocycles. The molecule has 0 atom stereocenters. The maximum Gasteiger partial charge on any atom is 0.273 e. The van der Waals surface area contributed by atoms with Gasteiger partial charge in [0.2, 0.25) is 0 Å². The van der Waals surface area contributed by atoms with E-state index >= 15 is 0 Å². The van der Waals surface area contributed by atoms with Gasteiger partial charge in [-0.2, -0.15) is 0 Å². The van der Waals surface area contributed by atoms with Crippen LogP contribution in [-0.4, -0.2) is 23.2 Å². The largest absolute Gasteiger partial charge is 0.294 e. The predicted octanol–water partition coefficient (Wildman–Crippen LogP) is 1.94. The van der Waals surface area contributed by atoms with E-state index in [0.717, 1.165) is 10.0 Å². The fourth-order valence-corrected chi connectivity index (χ4v) is 2.95. The zero-order valence-electron chi connectivity index (χ0n) is 10.4. The van der Waals surface area contributed by atoms with Crippen molar-refractivity contribution >= 4 is 26.0 Å². The normalized spacial score (nSPS) is 12.1. The third-order valence-corrected chi connectivity index (χ3v) is 4.03. The Morgan fingerprint density at radius 2 is 1.89 bits per heavy atom. The fraction of sp³-hybridized carbons (Fsp3) is 0.273. The van der Waals surface area contributed by atoms with Gasteiger partial charge in [0.1, 0.15) is 0 Å². The van der Waals surface area contributed by atoms with E-state index in [-0.39, 0.29) is 11.2 Å². The summed E-state index contributed by atoms with van der Waals surface area (Å²) in [6, 6.07) is 7.26. The number of hydrogen-bond donors (Lipinski definition) is 1. The van der Waals surface area contributed by atoms with Crippen LogP contribution < -0.4 is 5.14 Å². The quantitative estimate of drug-likeness (QED) is 0.920. The standard InChI is InChI=1S/C11H13BrN4O2S/c1-7(2)16-10(8-5-3-4-6-9(8)12)14-15-11(16)19(13,17)18/h3-7H,1-2H3,(H2,13,17,18). The van der Waals surface area contributed by atoms with Gasteiger partial charge in [-0.1, -0.05) is 34.1 Å². The van der Waals surface area contributed by atoms with Crippen molar-refractivity contribution in [2.45, 2.75) is 25.0 Å². The van der Waals surface area contributed by atoms with Gasteiger partial charge in [-0.25, -0.2) is 13.6 Å². The average Bonchev–Trinajstić information content (AvgIpc) is 2.73. The van der Waals surface area contributed by atoms with Crippen LogP contribution in [0.3, 0.4) is 0 Å². The van der Waals surface area contributed by atoms with E-state index in [9.17, 15) is 8.42 Å². The molecule has 0 bridgehead atoms. The van der Waals surface area contributed by atoms with E-state index in [2.05, 4.69) is 26.1 Å². The summed E-state index contributed by atoms with van der Waals surface area (Å²) < 4.78 is 25.4. The van der Waals surface area contributed by atoms with Gasteiger partial charge in [0.05, 0.1) is 0 Å². The second-order valence-electron chi connectivity index (χ2n) is 4.29. The molecular formula is C11H13BrN4O2S. The zero-order valence-corrected chi connectivity index (χ0v) is 12.8. The Morgan fingerprint density at radius 1 is 1.26 bits per heavy atom. The number of primary sulfonamides is 1. The summed E-state index contributed by atoms with van der Waals surface area (Å²) in [5.41, 5.74) is 0.763. The maximum absolute atomic E-state index is 11.5. The second kappa shape index (κ2) is 5.03. The van der Waals surface area contributed by atoms with E-state index in [1.165, 1.54) is 4.57 Å².